The third kappa shape index (κ3) is 24.6. The number of aliphatic carboxylic acids is 1. The highest BCUT2D eigenvalue weighted by molar-refractivity contribution is 5.62. The summed E-state index contributed by atoms with van der Waals surface area (Å²) in [6.45, 7) is 3.74. The second-order valence-corrected chi connectivity index (χ2v) is 4.67. The molecule has 18 heavy (non-hydrogen) atoms. The van der Waals surface area contributed by atoms with E-state index in [1.54, 1.807) is 0 Å². The second-order valence-electron chi connectivity index (χ2n) is 4.67. The molecule has 0 aliphatic rings. The molecule has 4 nitrogen and oxygen atoms in total. The lowest BCUT2D eigenvalue weighted by molar-refractivity contribution is -0.134. The molecule has 0 rings (SSSR count). The Morgan fingerprint density at radius 1 is 1.06 bits per heavy atom. The Balaban J connectivity index is 0. The van der Waals surface area contributed by atoms with Gasteiger partial charge in [-0.1, -0.05) is 58.3 Å². The van der Waals surface area contributed by atoms with E-state index in [1.165, 1.54) is 44.9 Å². The Hall–Kier alpha value is -0.610. The monoisotopic (exact) mass is 261 g/mol. The van der Waals surface area contributed by atoms with Gasteiger partial charge in [0.05, 0.1) is 6.10 Å². The van der Waals surface area contributed by atoms with E-state index in [4.69, 9.17) is 15.6 Å². The van der Waals surface area contributed by atoms with Crippen LogP contribution in [-0.4, -0.2) is 28.8 Å². The molecule has 0 aromatic rings. The molecule has 0 heterocycles. The van der Waals surface area contributed by atoms with Gasteiger partial charge in [-0.25, -0.2) is 0 Å². The number of hydrogen-bond acceptors (Lipinski definition) is 3. The van der Waals surface area contributed by atoms with Gasteiger partial charge in [-0.2, -0.15) is 0 Å². The van der Waals surface area contributed by atoms with Crippen molar-refractivity contribution >= 4 is 5.97 Å². The van der Waals surface area contributed by atoms with Gasteiger partial charge >= 0.3 is 0 Å². The lowest BCUT2D eigenvalue weighted by atomic mass is 10.1. The molecule has 0 fully saturated rings. The van der Waals surface area contributed by atoms with Crippen molar-refractivity contribution in [3.63, 3.8) is 0 Å². The average Bonchev–Trinajstić information content (AvgIpc) is 2.31. The number of nitrogens with two attached hydrogens (primary N) is 1. The van der Waals surface area contributed by atoms with Crippen LogP contribution in [0.15, 0.2) is 0 Å². The van der Waals surface area contributed by atoms with Crippen molar-refractivity contribution in [3.8, 4) is 0 Å². The smallest absolute Gasteiger partial charge is 0.300 e. The standard InChI is InChI=1S/C12H27NO.C2H4O2/c1-2-3-4-5-6-7-8-9-10-12(14)11-13;1-2(3)4/h12,14H,2-11,13H2,1H3;1H3,(H,3,4). The maximum Gasteiger partial charge on any atom is 0.300 e. The number of carbonyl (C=O) groups is 1. The van der Waals surface area contributed by atoms with E-state index in [1.807, 2.05) is 0 Å². The molecule has 0 aliphatic heterocycles. The van der Waals surface area contributed by atoms with E-state index in [-0.39, 0.29) is 6.10 Å². The Kier molecular flexibility index (Phi) is 18.0. The molecule has 0 aromatic carbocycles. The fraction of sp³-hybridized carbons (Fsp3) is 0.929. The topological polar surface area (TPSA) is 83.5 Å². The molecule has 0 radical (unpaired) electrons. The van der Waals surface area contributed by atoms with Crippen LogP contribution in [0.5, 0.6) is 0 Å². The molecule has 4 N–H and O–H groups in total. The summed E-state index contributed by atoms with van der Waals surface area (Å²) in [6.07, 6.45) is 11.2. The maximum absolute atomic E-state index is 9.21. The van der Waals surface area contributed by atoms with Crippen molar-refractivity contribution in [1.29, 1.82) is 0 Å². The highest BCUT2D eigenvalue weighted by atomic mass is 16.4. The molecular formula is C14H31NO3. The van der Waals surface area contributed by atoms with Crippen LogP contribution in [0.4, 0.5) is 0 Å². The molecule has 0 aromatic heterocycles. The minimum absolute atomic E-state index is 0.268. The lowest BCUT2D eigenvalue weighted by Crippen LogP contribution is -2.19. The first-order valence-electron chi connectivity index (χ1n) is 7.12. The number of carboxylic acid groups (broad SMARTS) is 1. The molecule has 110 valence electrons. The van der Waals surface area contributed by atoms with Gasteiger partial charge in [0.25, 0.3) is 5.97 Å². The quantitative estimate of drug-likeness (QED) is 0.528. The zero-order chi connectivity index (χ0) is 14.2. The minimum Gasteiger partial charge on any atom is -0.481 e. The number of aliphatic hydroxyl groups excluding tert-OH is 1. The van der Waals surface area contributed by atoms with Crippen LogP contribution >= 0.6 is 0 Å². The average molecular weight is 261 g/mol. The summed E-state index contributed by atoms with van der Waals surface area (Å²) in [5.74, 6) is -0.833. The van der Waals surface area contributed by atoms with Crippen molar-refractivity contribution in [2.45, 2.75) is 77.7 Å². The molecule has 0 saturated heterocycles. The van der Waals surface area contributed by atoms with E-state index in [2.05, 4.69) is 6.92 Å². The van der Waals surface area contributed by atoms with Gasteiger partial charge in [-0.15, -0.1) is 0 Å². The fourth-order valence-electron chi connectivity index (χ4n) is 1.63. The summed E-state index contributed by atoms with van der Waals surface area (Å²) < 4.78 is 0. The predicted molar refractivity (Wildman–Crippen MR) is 75.6 cm³/mol. The summed E-state index contributed by atoms with van der Waals surface area (Å²) in [7, 11) is 0. The van der Waals surface area contributed by atoms with E-state index >= 15 is 0 Å². The Morgan fingerprint density at radius 3 is 1.83 bits per heavy atom. The van der Waals surface area contributed by atoms with Crippen molar-refractivity contribution in [2.75, 3.05) is 6.54 Å². The molecule has 0 amide bonds. The first-order chi connectivity index (χ1) is 8.54. The summed E-state index contributed by atoms with van der Waals surface area (Å²) in [6, 6.07) is 0. The van der Waals surface area contributed by atoms with Gasteiger partial charge in [0, 0.05) is 13.5 Å². The minimum atomic E-state index is -0.833. The third-order valence-electron chi connectivity index (χ3n) is 2.66. The van der Waals surface area contributed by atoms with Gasteiger partial charge in [-0.3, -0.25) is 4.79 Å². The van der Waals surface area contributed by atoms with Crippen molar-refractivity contribution in [2.24, 2.45) is 5.73 Å². The van der Waals surface area contributed by atoms with Gasteiger partial charge in [0.2, 0.25) is 0 Å². The van der Waals surface area contributed by atoms with Gasteiger partial charge in [0.15, 0.2) is 0 Å². The van der Waals surface area contributed by atoms with Crippen LogP contribution in [0.2, 0.25) is 0 Å². The molecule has 0 saturated carbocycles. The largest absolute Gasteiger partial charge is 0.481 e. The predicted octanol–water partition coefficient (Wildman–Crippen LogP) is 2.93. The first kappa shape index (κ1) is 19.7. The van der Waals surface area contributed by atoms with E-state index in [0.29, 0.717) is 6.54 Å². The van der Waals surface area contributed by atoms with Crippen LogP contribution in [0.25, 0.3) is 0 Å². The van der Waals surface area contributed by atoms with Crippen LogP contribution in [0, 0.1) is 0 Å². The molecule has 0 aliphatic carbocycles. The molecule has 0 bridgehead atoms. The van der Waals surface area contributed by atoms with Crippen molar-refractivity contribution < 1.29 is 15.0 Å². The van der Waals surface area contributed by atoms with Gasteiger partial charge < -0.3 is 15.9 Å². The third-order valence-corrected chi connectivity index (χ3v) is 2.66. The Labute approximate surface area is 112 Å². The SMILES string of the molecule is CC(=O)O.CCCCCCCCCCC(O)CN. The number of hydrogen-bond donors (Lipinski definition) is 3. The number of rotatable bonds is 10. The van der Waals surface area contributed by atoms with Gasteiger partial charge in [0.1, 0.15) is 0 Å². The number of aliphatic hydroxyl groups is 1. The molecule has 4 heteroatoms. The van der Waals surface area contributed by atoms with Crippen molar-refractivity contribution in [1.82, 2.24) is 0 Å². The normalized spacial score (nSPS) is 11.6. The highest BCUT2D eigenvalue weighted by Gasteiger charge is 1.99. The fourth-order valence-corrected chi connectivity index (χ4v) is 1.63. The molecule has 0 spiro atoms. The van der Waals surface area contributed by atoms with E-state index in [9.17, 15) is 5.11 Å². The summed E-state index contributed by atoms with van der Waals surface area (Å²) in [5, 5.41) is 16.6. The highest BCUT2D eigenvalue weighted by Crippen LogP contribution is 2.10. The molecular weight excluding hydrogens is 230 g/mol. The first-order valence-corrected chi connectivity index (χ1v) is 7.12. The number of carboxylic acids is 1. The lowest BCUT2D eigenvalue weighted by Gasteiger charge is -2.06. The van der Waals surface area contributed by atoms with Gasteiger partial charge in [-0.05, 0) is 6.42 Å². The molecule has 1 unspecified atom stereocenters. The van der Waals surface area contributed by atoms with Crippen molar-refractivity contribution in [3.05, 3.63) is 0 Å². The zero-order valence-electron chi connectivity index (χ0n) is 12.0. The zero-order valence-corrected chi connectivity index (χ0v) is 12.0. The Morgan fingerprint density at radius 2 is 1.44 bits per heavy atom. The van der Waals surface area contributed by atoms with Crippen LogP contribution < -0.4 is 5.73 Å². The summed E-state index contributed by atoms with van der Waals surface area (Å²) >= 11 is 0. The summed E-state index contributed by atoms with van der Waals surface area (Å²) in [4.78, 5) is 9.00. The molecule has 1 atom stereocenters. The second kappa shape index (κ2) is 16.4. The van der Waals surface area contributed by atoms with E-state index < -0.39 is 5.97 Å². The van der Waals surface area contributed by atoms with Crippen LogP contribution in [0.1, 0.15) is 71.6 Å². The van der Waals surface area contributed by atoms with Crippen LogP contribution in [-0.2, 0) is 4.79 Å². The number of unbranched alkanes of at least 4 members (excludes halogenated alkanes) is 7. The maximum atomic E-state index is 9.21. The summed E-state index contributed by atoms with van der Waals surface area (Å²) in [5.41, 5.74) is 5.32. The van der Waals surface area contributed by atoms with E-state index in [0.717, 1.165) is 19.8 Å². The van der Waals surface area contributed by atoms with Crippen LogP contribution in [0.3, 0.4) is 0 Å². The Bertz CT molecular complexity index is 170.